The van der Waals surface area contributed by atoms with Crippen molar-refractivity contribution in [3.8, 4) is 0 Å². The first kappa shape index (κ1) is 12.0. The van der Waals surface area contributed by atoms with Gasteiger partial charge < -0.3 is 20.8 Å². The molecule has 0 fully saturated rings. The Morgan fingerprint density at radius 2 is 2.11 bits per heavy atom. The maximum Gasteiger partial charge on any atom is 0.342 e. The zero-order valence-electron chi connectivity index (χ0n) is 10.0. The van der Waals surface area contributed by atoms with E-state index in [4.69, 9.17) is 5.73 Å². The van der Waals surface area contributed by atoms with Crippen molar-refractivity contribution in [1.29, 1.82) is 0 Å². The molecule has 2 aromatic rings. The van der Waals surface area contributed by atoms with Gasteiger partial charge in [-0.25, -0.2) is 4.79 Å². The summed E-state index contributed by atoms with van der Waals surface area (Å²) in [5.41, 5.74) is 7.21. The number of nitrogens with one attached hydrogen (secondary N) is 2. The Bertz CT molecular complexity index is 631. The van der Waals surface area contributed by atoms with Crippen molar-refractivity contribution < 1.29 is 14.3 Å². The quantitative estimate of drug-likeness (QED) is 0.700. The lowest BCUT2D eigenvalue weighted by Crippen LogP contribution is -2.06. The zero-order valence-corrected chi connectivity index (χ0v) is 10.0. The molecule has 0 aliphatic rings. The number of hydrogen-bond acceptors (Lipinski definition) is 4. The minimum Gasteiger partial charge on any atom is -0.465 e. The van der Waals surface area contributed by atoms with Crippen molar-refractivity contribution in [2.75, 3.05) is 18.2 Å². The number of fused-ring (bicyclic) bond motifs is 1. The summed E-state index contributed by atoms with van der Waals surface area (Å²) in [7, 11) is 1.29. The summed E-state index contributed by atoms with van der Waals surface area (Å²) in [5.74, 6) is -0.497. The van der Waals surface area contributed by atoms with Gasteiger partial charge in [0, 0.05) is 12.3 Å². The number of methoxy groups -OCH3 is 1. The van der Waals surface area contributed by atoms with Crippen LogP contribution in [0.3, 0.4) is 0 Å². The summed E-state index contributed by atoms with van der Waals surface area (Å²) < 4.78 is 4.68. The number of ether oxygens (including phenoxy) is 1. The molecule has 0 saturated carbocycles. The third kappa shape index (κ3) is 1.88. The number of nitrogen functional groups attached to an aromatic ring is 1. The van der Waals surface area contributed by atoms with E-state index in [1.165, 1.54) is 14.0 Å². The van der Waals surface area contributed by atoms with E-state index in [1.807, 2.05) is 0 Å². The van der Waals surface area contributed by atoms with E-state index in [-0.39, 0.29) is 17.3 Å². The van der Waals surface area contributed by atoms with E-state index < -0.39 is 5.97 Å². The van der Waals surface area contributed by atoms with Crippen LogP contribution in [0.5, 0.6) is 0 Å². The number of H-pyrrole nitrogens is 1. The van der Waals surface area contributed by atoms with E-state index in [2.05, 4.69) is 15.0 Å². The summed E-state index contributed by atoms with van der Waals surface area (Å²) in [6.07, 6.45) is 0. The van der Waals surface area contributed by atoms with Crippen molar-refractivity contribution >= 4 is 34.3 Å². The molecule has 0 aliphatic carbocycles. The molecule has 4 N–H and O–H groups in total. The molecular weight excluding hydrogens is 234 g/mol. The predicted molar refractivity (Wildman–Crippen MR) is 68.4 cm³/mol. The molecule has 0 atom stereocenters. The number of nitrogens with two attached hydrogens (primary N) is 1. The lowest BCUT2D eigenvalue weighted by atomic mass is 10.1. The number of benzene rings is 1. The molecule has 0 spiro atoms. The third-order valence-corrected chi connectivity index (χ3v) is 2.56. The Morgan fingerprint density at radius 3 is 2.72 bits per heavy atom. The molecule has 0 radical (unpaired) electrons. The summed E-state index contributed by atoms with van der Waals surface area (Å²) >= 11 is 0. The topological polar surface area (TPSA) is 97.2 Å². The molecule has 0 aliphatic heterocycles. The monoisotopic (exact) mass is 247 g/mol. The van der Waals surface area contributed by atoms with Gasteiger partial charge in [-0.3, -0.25) is 4.79 Å². The first-order chi connectivity index (χ1) is 8.54. The number of para-hydroxylation sites is 1. The highest BCUT2D eigenvalue weighted by Gasteiger charge is 2.18. The number of carbonyl (C=O) groups is 2. The van der Waals surface area contributed by atoms with Gasteiger partial charge in [-0.15, -0.1) is 0 Å². The first-order valence-electron chi connectivity index (χ1n) is 5.30. The molecule has 0 bridgehead atoms. The minimum atomic E-state index is -0.515. The highest BCUT2D eigenvalue weighted by Crippen LogP contribution is 2.30. The fourth-order valence-corrected chi connectivity index (χ4v) is 1.85. The number of hydrogen-bond donors (Lipinski definition) is 3. The van der Waals surface area contributed by atoms with Crippen molar-refractivity contribution in [3.05, 3.63) is 23.8 Å². The number of carbonyl (C=O) groups excluding carboxylic acids is 2. The Labute approximate surface area is 103 Å². The van der Waals surface area contributed by atoms with Crippen molar-refractivity contribution in [2.24, 2.45) is 0 Å². The van der Waals surface area contributed by atoms with E-state index in [9.17, 15) is 9.59 Å². The number of esters is 1. The average Bonchev–Trinajstić information content (AvgIpc) is 2.65. The maximum atomic E-state index is 11.6. The second kappa shape index (κ2) is 4.40. The second-order valence-electron chi connectivity index (χ2n) is 3.81. The summed E-state index contributed by atoms with van der Waals surface area (Å²) in [4.78, 5) is 25.6. The van der Waals surface area contributed by atoms with E-state index in [0.717, 1.165) is 0 Å². The van der Waals surface area contributed by atoms with Gasteiger partial charge in [0.05, 0.1) is 18.3 Å². The molecule has 1 aromatic carbocycles. The molecule has 1 amide bonds. The lowest BCUT2D eigenvalue weighted by molar-refractivity contribution is -0.114. The van der Waals surface area contributed by atoms with Crippen LogP contribution in [0.25, 0.3) is 10.9 Å². The van der Waals surface area contributed by atoms with Gasteiger partial charge in [0.15, 0.2) is 0 Å². The maximum absolute atomic E-state index is 11.6. The summed E-state index contributed by atoms with van der Waals surface area (Å²) in [6, 6.07) is 5.19. The number of amides is 1. The zero-order chi connectivity index (χ0) is 13.3. The smallest absolute Gasteiger partial charge is 0.342 e. The van der Waals surface area contributed by atoms with Crippen LogP contribution in [-0.2, 0) is 9.53 Å². The number of rotatable bonds is 2. The van der Waals surface area contributed by atoms with Crippen LogP contribution < -0.4 is 11.1 Å². The molecule has 6 heteroatoms. The largest absolute Gasteiger partial charge is 0.465 e. The molecule has 94 valence electrons. The van der Waals surface area contributed by atoms with Crippen molar-refractivity contribution in [1.82, 2.24) is 4.98 Å². The van der Waals surface area contributed by atoms with Gasteiger partial charge in [-0.1, -0.05) is 12.1 Å². The Kier molecular flexibility index (Phi) is 2.93. The highest BCUT2D eigenvalue weighted by atomic mass is 16.5. The Balaban J connectivity index is 2.66. The molecule has 0 unspecified atom stereocenters. The van der Waals surface area contributed by atoms with E-state index in [1.54, 1.807) is 18.2 Å². The molecule has 1 heterocycles. The van der Waals surface area contributed by atoms with Crippen LogP contribution in [0, 0.1) is 0 Å². The van der Waals surface area contributed by atoms with E-state index in [0.29, 0.717) is 16.6 Å². The molecule has 2 rings (SSSR count). The minimum absolute atomic E-state index is 0.199. The van der Waals surface area contributed by atoms with Gasteiger partial charge in [0.1, 0.15) is 11.4 Å². The van der Waals surface area contributed by atoms with Crippen LogP contribution in [0.2, 0.25) is 0 Å². The van der Waals surface area contributed by atoms with E-state index >= 15 is 0 Å². The lowest BCUT2D eigenvalue weighted by Gasteiger charge is -2.03. The van der Waals surface area contributed by atoms with Crippen LogP contribution in [0.1, 0.15) is 17.3 Å². The van der Waals surface area contributed by atoms with Crippen LogP contribution in [0.4, 0.5) is 11.5 Å². The third-order valence-electron chi connectivity index (χ3n) is 2.56. The summed E-state index contributed by atoms with van der Waals surface area (Å²) in [6.45, 7) is 1.41. The molecule has 1 aromatic heterocycles. The van der Waals surface area contributed by atoms with Crippen LogP contribution >= 0.6 is 0 Å². The predicted octanol–water partition coefficient (Wildman–Crippen LogP) is 1.50. The fourth-order valence-electron chi connectivity index (χ4n) is 1.85. The molecule has 6 nitrogen and oxygen atoms in total. The SMILES string of the molecule is COC(=O)c1c(N)[nH]c2c(NC(C)=O)cccc12. The van der Waals surface area contributed by atoms with Gasteiger partial charge >= 0.3 is 5.97 Å². The fraction of sp³-hybridized carbons (Fsp3) is 0.167. The Morgan fingerprint density at radius 1 is 1.39 bits per heavy atom. The number of aromatic nitrogens is 1. The van der Waals surface area contributed by atoms with Gasteiger partial charge in [-0.2, -0.15) is 0 Å². The van der Waals surface area contributed by atoms with Crippen molar-refractivity contribution in [2.45, 2.75) is 6.92 Å². The average molecular weight is 247 g/mol. The standard InChI is InChI=1S/C12H13N3O3/c1-6(16)14-8-5-3-4-7-9(12(17)18-2)11(13)15-10(7)8/h3-5,15H,13H2,1-2H3,(H,14,16). The van der Waals surface area contributed by atoms with Gasteiger partial charge in [0.25, 0.3) is 0 Å². The first-order valence-corrected chi connectivity index (χ1v) is 5.30. The molecule has 0 saturated heterocycles. The molecular formula is C12H13N3O3. The second-order valence-corrected chi connectivity index (χ2v) is 3.81. The molecule has 18 heavy (non-hydrogen) atoms. The normalized spacial score (nSPS) is 10.3. The van der Waals surface area contributed by atoms with Crippen LogP contribution in [-0.4, -0.2) is 24.0 Å². The van der Waals surface area contributed by atoms with Crippen molar-refractivity contribution in [3.63, 3.8) is 0 Å². The Hall–Kier alpha value is -2.50. The van der Waals surface area contributed by atoms with Crippen LogP contribution in [0.15, 0.2) is 18.2 Å². The highest BCUT2D eigenvalue weighted by molar-refractivity contribution is 6.12. The van der Waals surface area contributed by atoms with Gasteiger partial charge in [0.2, 0.25) is 5.91 Å². The summed E-state index contributed by atoms with van der Waals surface area (Å²) in [5, 5.41) is 3.28. The number of aromatic amines is 1. The van der Waals surface area contributed by atoms with Gasteiger partial charge in [-0.05, 0) is 6.07 Å². The number of anilines is 2.